The Balaban J connectivity index is 0.00000256. The van der Waals surface area contributed by atoms with Crippen LogP contribution >= 0.6 is 12.4 Å². The molecule has 0 fully saturated rings. The third-order valence-electron chi connectivity index (χ3n) is 2.41. The molecule has 0 aliphatic rings. The van der Waals surface area contributed by atoms with Crippen molar-refractivity contribution in [3.63, 3.8) is 0 Å². The summed E-state index contributed by atoms with van der Waals surface area (Å²) in [5.74, 6) is 0.960. The molecule has 0 aliphatic heterocycles. The van der Waals surface area contributed by atoms with E-state index in [2.05, 4.69) is 29.4 Å². The molecule has 0 bridgehead atoms. The van der Waals surface area contributed by atoms with E-state index in [1.54, 1.807) is 0 Å². The molecule has 17 heavy (non-hydrogen) atoms. The molecule has 0 aliphatic carbocycles. The van der Waals surface area contributed by atoms with Crippen LogP contribution in [0.25, 0.3) is 0 Å². The lowest BCUT2D eigenvalue weighted by atomic mass is 10.2. The number of nitrogens with zero attached hydrogens (tertiary/aromatic N) is 1. The van der Waals surface area contributed by atoms with Gasteiger partial charge in [-0.15, -0.1) is 12.4 Å². The molecule has 0 saturated heterocycles. The Morgan fingerprint density at radius 3 is 2.76 bits per heavy atom. The average Bonchev–Trinajstić information content (AvgIpc) is 2.27. The molecular weight excluding hydrogens is 236 g/mol. The molecular formula is C13H23ClN2O. The highest BCUT2D eigenvalue weighted by molar-refractivity contribution is 5.85. The monoisotopic (exact) mass is 258 g/mol. The van der Waals surface area contributed by atoms with Gasteiger partial charge in [0.2, 0.25) is 0 Å². The fourth-order valence-electron chi connectivity index (χ4n) is 1.59. The minimum absolute atomic E-state index is 0. The summed E-state index contributed by atoms with van der Waals surface area (Å²) in [6, 6.07) is 8.30. The van der Waals surface area contributed by atoms with E-state index >= 15 is 0 Å². The molecule has 0 aromatic heterocycles. The molecule has 3 nitrogen and oxygen atoms in total. The molecule has 0 unspecified atom stereocenters. The van der Waals surface area contributed by atoms with Gasteiger partial charge in [0.05, 0.1) is 6.61 Å². The molecule has 0 amide bonds. The topological polar surface area (TPSA) is 24.5 Å². The highest BCUT2D eigenvalue weighted by Crippen LogP contribution is 2.14. The summed E-state index contributed by atoms with van der Waals surface area (Å²) < 4.78 is 5.48. The molecule has 1 rings (SSSR count). The van der Waals surface area contributed by atoms with E-state index < -0.39 is 0 Å². The second-order valence-electron chi connectivity index (χ2n) is 3.92. The summed E-state index contributed by atoms with van der Waals surface area (Å²) in [5, 5.41) is 3.15. The van der Waals surface area contributed by atoms with Gasteiger partial charge >= 0.3 is 0 Å². The predicted molar refractivity (Wildman–Crippen MR) is 75.1 cm³/mol. The Kier molecular flexibility index (Phi) is 8.86. The van der Waals surface area contributed by atoms with Crippen molar-refractivity contribution in [2.24, 2.45) is 0 Å². The van der Waals surface area contributed by atoms with E-state index in [1.807, 2.05) is 26.1 Å². The number of rotatable bonds is 7. The van der Waals surface area contributed by atoms with Crippen molar-refractivity contribution < 1.29 is 4.74 Å². The summed E-state index contributed by atoms with van der Waals surface area (Å²) >= 11 is 0. The number of nitrogens with one attached hydrogen (secondary N) is 1. The van der Waals surface area contributed by atoms with Crippen molar-refractivity contribution in [3.8, 4) is 5.75 Å². The van der Waals surface area contributed by atoms with Gasteiger partial charge in [0.15, 0.2) is 0 Å². The van der Waals surface area contributed by atoms with Crippen LogP contribution in [0.2, 0.25) is 0 Å². The van der Waals surface area contributed by atoms with E-state index in [1.165, 1.54) is 5.56 Å². The third-order valence-corrected chi connectivity index (χ3v) is 2.41. The van der Waals surface area contributed by atoms with Gasteiger partial charge in [-0.3, -0.25) is 0 Å². The number of hydrogen-bond acceptors (Lipinski definition) is 3. The van der Waals surface area contributed by atoms with Crippen LogP contribution in [0.3, 0.4) is 0 Å². The fraction of sp³-hybridized carbons (Fsp3) is 0.538. The molecule has 98 valence electrons. The van der Waals surface area contributed by atoms with Crippen LogP contribution in [0.4, 0.5) is 0 Å². The zero-order valence-electron chi connectivity index (χ0n) is 10.9. The number of halogens is 1. The lowest BCUT2D eigenvalue weighted by Gasteiger charge is -2.16. The molecule has 0 spiro atoms. The fourth-order valence-corrected chi connectivity index (χ4v) is 1.59. The molecule has 0 atom stereocenters. The van der Waals surface area contributed by atoms with Crippen molar-refractivity contribution in [3.05, 3.63) is 29.8 Å². The highest BCUT2D eigenvalue weighted by atomic mass is 35.5. The number of benzene rings is 1. The summed E-state index contributed by atoms with van der Waals surface area (Å²) in [6.07, 6.45) is 0. The van der Waals surface area contributed by atoms with Gasteiger partial charge in [-0.25, -0.2) is 0 Å². The molecule has 1 N–H and O–H groups in total. The van der Waals surface area contributed by atoms with Crippen molar-refractivity contribution in [2.75, 3.05) is 33.8 Å². The molecule has 0 saturated carbocycles. The van der Waals surface area contributed by atoms with Gasteiger partial charge in [-0.1, -0.05) is 12.1 Å². The van der Waals surface area contributed by atoms with E-state index in [0.717, 1.165) is 32.0 Å². The normalized spacial score (nSPS) is 10.1. The molecule has 1 aromatic rings. The van der Waals surface area contributed by atoms with Crippen LogP contribution < -0.4 is 10.1 Å². The van der Waals surface area contributed by atoms with E-state index in [-0.39, 0.29) is 12.4 Å². The van der Waals surface area contributed by atoms with E-state index in [9.17, 15) is 0 Å². The Bertz CT molecular complexity index is 307. The average molecular weight is 259 g/mol. The maximum Gasteiger partial charge on any atom is 0.119 e. The van der Waals surface area contributed by atoms with Crippen LogP contribution in [0.15, 0.2) is 24.3 Å². The lowest BCUT2D eigenvalue weighted by molar-refractivity contribution is 0.323. The quantitative estimate of drug-likeness (QED) is 0.811. The van der Waals surface area contributed by atoms with Crippen LogP contribution in [-0.2, 0) is 6.54 Å². The number of hydrogen-bond donors (Lipinski definition) is 1. The van der Waals surface area contributed by atoms with Crippen LogP contribution in [-0.4, -0.2) is 38.7 Å². The van der Waals surface area contributed by atoms with Gasteiger partial charge in [0, 0.05) is 19.6 Å². The predicted octanol–water partition coefficient (Wildman–Crippen LogP) is 2.16. The summed E-state index contributed by atoms with van der Waals surface area (Å²) in [4.78, 5) is 2.29. The zero-order valence-corrected chi connectivity index (χ0v) is 11.7. The second kappa shape index (κ2) is 9.28. The molecule has 1 aromatic carbocycles. The third kappa shape index (κ3) is 6.51. The van der Waals surface area contributed by atoms with Crippen molar-refractivity contribution in [1.82, 2.24) is 10.2 Å². The first-order valence-corrected chi connectivity index (χ1v) is 5.81. The highest BCUT2D eigenvalue weighted by Gasteiger charge is 2.01. The minimum Gasteiger partial charge on any atom is -0.494 e. The first kappa shape index (κ1) is 16.2. The van der Waals surface area contributed by atoms with Gasteiger partial charge in [-0.05, 0) is 38.7 Å². The molecule has 0 heterocycles. The SMILES string of the molecule is CCOc1cccc(CN(C)CCNC)c1.Cl. The van der Waals surface area contributed by atoms with Crippen LogP contribution in [0.1, 0.15) is 12.5 Å². The number of likely N-dealkylation sites (N-methyl/N-ethyl adjacent to an activating group) is 2. The Hall–Kier alpha value is -0.770. The summed E-state index contributed by atoms with van der Waals surface area (Å²) in [6.45, 7) is 5.75. The van der Waals surface area contributed by atoms with Crippen molar-refractivity contribution in [1.29, 1.82) is 0 Å². The Morgan fingerprint density at radius 2 is 2.12 bits per heavy atom. The van der Waals surface area contributed by atoms with Gasteiger partial charge < -0.3 is 15.0 Å². The van der Waals surface area contributed by atoms with Crippen molar-refractivity contribution >= 4 is 12.4 Å². The Morgan fingerprint density at radius 1 is 1.35 bits per heavy atom. The van der Waals surface area contributed by atoms with Gasteiger partial charge in [-0.2, -0.15) is 0 Å². The number of ether oxygens (including phenoxy) is 1. The first-order valence-electron chi connectivity index (χ1n) is 5.81. The van der Waals surface area contributed by atoms with E-state index in [4.69, 9.17) is 4.74 Å². The maximum atomic E-state index is 5.48. The smallest absolute Gasteiger partial charge is 0.119 e. The van der Waals surface area contributed by atoms with Crippen LogP contribution in [0, 0.1) is 0 Å². The van der Waals surface area contributed by atoms with Crippen LogP contribution in [0.5, 0.6) is 5.75 Å². The lowest BCUT2D eigenvalue weighted by Crippen LogP contribution is -2.26. The van der Waals surface area contributed by atoms with Gasteiger partial charge in [0.1, 0.15) is 5.75 Å². The zero-order chi connectivity index (χ0) is 11.8. The Labute approximate surface area is 111 Å². The van der Waals surface area contributed by atoms with Crippen molar-refractivity contribution in [2.45, 2.75) is 13.5 Å². The maximum absolute atomic E-state index is 5.48. The standard InChI is InChI=1S/C13H22N2O.ClH/c1-4-16-13-7-5-6-12(10-13)11-15(3)9-8-14-2;/h5-7,10,14H,4,8-9,11H2,1-3H3;1H. The molecule has 4 heteroatoms. The molecule has 0 radical (unpaired) electrons. The summed E-state index contributed by atoms with van der Waals surface area (Å²) in [5.41, 5.74) is 1.30. The van der Waals surface area contributed by atoms with E-state index in [0.29, 0.717) is 0 Å². The minimum atomic E-state index is 0. The van der Waals surface area contributed by atoms with Gasteiger partial charge in [0.25, 0.3) is 0 Å². The second-order valence-corrected chi connectivity index (χ2v) is 3.92. The summed E-state index contributed by atoms with van der Waals surface area (Å²) in [7, 11) is 4.11. The largest absolute Gasteiger partial charge is 0.494 e. The first-order chi connectivity index (χ1) is 7.76.